The highest BCUT2D eigenvalue weighted by molar-refractivity contribution is 5.87. The average Bonchev–Trinajstić information content (AvgIpc) is 2.60. The molecule has 1 aromatic rings. The molecule has 5 heteroatoms. The van der Waals surface area contributed by atoms with Crippen molar-refractivity contribution in [2.75, 3.05) is 26.7 Å². The summed E-state index contributed by atoms with van der Waals surface area (Å²) in [6.07, 6.45) is 1.10. The van der Waals surface area contributed by atoms with E-state index >= 15 is 0 Å². The summed E-state index contributed by atoms with van der Waals surface area (Å²) in [4.78, 5) is 24.8. The molecule has 0 aliphatic carbocycles. The van der Waals surface area contributed by atoms with Crippen molar-refractivity contribution < 1.29 is 14.3 Å². The first-order valence-electron chi connectivity index (χ1n) is 6.37. The zero-order chi connectivity index (χ0) is 13.7. The Bertz CT molecular complexity index is 474. The van der Waals surface area contributed by atoms with Crippen molar-refractivity contribution in [3.63, 3.8) is 0 Å². The number of ether oxygens (including phenoxy) is 1. The summed E-state index contributed by atoms with van der Waals surface area (Å²) in [5, 5.41) is 2.59. The maximum absolute atomic E-state index is 11.8. The normalized spacial score (nSPS) is 15.9. The Labute approximate surface area is 112 Å². The van der Waals surface area contributed by atoms with Crippen molar-refractivity contribution in [1.29, 1.82) is 0 Å². The zero-order valence-corrected chi connectivity index (χ0v) is 11.0. The van der Waals surface area contributed by atoms with E-state index in [1.165, 1.54) is 0 Å². The van der Waals surface area contributed by atoms with Gasteiger partial charge in [0.2, 0.25) is 11.8 Å². The van der Waals surface area contributed by atoms with Crippen molar-refractivity contribution in [2.24, 2.45) is 0 Å². The molecule has 2 amide bonds. The van der Waals surface area contributed by atoms with Gasteiger partial charge in [-0.15, -0.1) is 0 Å². The average molecular weight is 262 g/mol. The number of nitrogens with one attached hydrogen (secondary N) is 1. The lowest BCUT2D eigenvalue weighted by Gasteiger charge is -2.20. The van der Waals surface area contributed by atoms with Crippen LogP contribution >= 0.6 is 0 Å². The summed E-state index contributed by atoms with van der Waals surface area (Å²) in [6.45, 7) is 1.19. The van der Waals surface area contributed by atoms with Crippen LogP contribution in [0.4, 0.5) is 0 Å². The summed E-state index contributed by atoms with van der Waals surface area (Å²) in [5.74, 6) is 0.743. The third-order valence-corrected chi connectivity index (χ3v) is 3.24. The number of carbonyl (C=O) groups excluding carboxylic acids is 2. The zero-order valence-electron chi connectivity index (χ0n) is 11.0. The first kappa shape index (κ1) is 13.4. The van der Waals surface area contributed by atoms with Gasteiger partial charge < -0.3 is 15.0 Å². The predicted octanol–water partition coefficient (Wildman–Crippen LogP) is 0.586. The Balaban J connectivity index is 1.97. The van der Waals surface area contributed by atoms with Crippen LogP contribution in [-0.4, -0.2) is 43.5 Å². The van der Waals surface area contributed by atoms with Crippen molar-refractivity contribution in [3.8, 4) is 5.75 Å². The number of rotatable bonds is 4. The van der Waals surface area contributed by atoms with Crippen molar-refractivity contribution in [1.82, 2.24) is 10.2 Å². The molecule has 1 saturated heterocycles. The first-order chi connectivity index (χ1) is 9.20. The second kappa shape index (κ2) is 6.22. The first-order valence-corrected chi connectivity index (χ1v) is 6.37. The lowest BCUT2D eigenvalue weighted by atomic mass is 10.1. The summed E-state index contributed by atoms with van der Waals surface area (Å²) in [5.41, 5.74) is 1.07. The summed E-state index contributed by atoms with van der Waals surface area (Å²) < 4.78 is 5.28. The Morgan fingerprint density at radius 2 is 2.11 bits per heavy atom. The van der Waals surface area contributed by atoms with Gasteiger partial charge >= 0.3 is 0 Å². The Kier molecular flexibility index (Phi) is 4.39. The molecule has 1 heterocycles. The third-order valence-electron chi connectivity index (χ3n) is 3.24. The summed E-state index contributed by atoms with van der Waals surface area (Å²) in [6, 6.07) is 7.77. The lowest BCUT2D eigenvalue weighted by Crippen LogP contribution is -2.36. The van der Waals surface area contributed by atoms with Crippen LogP contribution in [0.15, 0.2) is 24.3 Å². The van der Waals surface area contributed by atoms with Crippen LogP contribution in [0, 0.1) is 0 Å². The highest BCUT2D eigenvalue weighted by Crippen LogP contribution is 2.18. The maximum Gasteiger partial charge on any atom is 0.241 e. The summed E-state index contributed by atoms with van der Waals surface area (Å²) in [7, 11) is 1.64. The molecule has 0 spiro atoms. The van der Waals surface area contributed by atoms with Crippen LogP contribution in [-0.2, 0) is 16.0 Å². The van der Waals surface area contributed by atoms with Crippen LogP contribution in [0.3, 0.4) is 0 Å². The molecule has 1 aliphatic rings. The van der Waals surface area contributed by atoms with Crippen LogP contribution < -0.4 is 10.1 Å². The Morgan fingerprint density at radius 1 is 1.32 bits per heavy atom. The second-order valence-electron chi connectivity index (χ2n) is 4.47. The highest BCUT2D eigenvalue weighted by atomic mass is 16.5. The molecule has 19 heavy (non-hydrogen) atoms. The Hall–Kier alpha value is -2.04. The molecule has 0 aromatic heterocycles. The van der Waals surface area contributed by atoms with Gasteiger partial charge in [0.1, 0.15) is 5.75 Å². The number of benzene rings is 1. The smallest absolute Gasteiger partial charge is 0.241 e. The van der Waals surface area contributed by atoms with Gasteiger partial charge in [-0.05, 0) is 18.1 Å². The SMILES string of the molecule is COc1ccccc1CCN1CCC(=O)NCC1=O. The summed E-state index contributed by atoms with van der Waals surface area (Å²) >= 11 is 0. The molecule has 1 fully saturated rings. The fourth-order valence-electron chi connectivity index (χ4n) is 2.14. The fourth-order valence-corrected chi connectivity index (χ4v) is 2.14. The Morgan fingerprint density at radius 3 is 2.89 bits per heavy atom. The molecule has 1 aliphatic heterocycles. The minimum absolute atomic E-state index is 0.0271. The van der Waals surface area contributed by atoms with Gasteiger partial charge in [-0.1, -0.05) is 18.2 Å². The highest BCUT2D eigenvalue weighted by Gasteiger charge is 2.19. The van der Waals surface area contributed by atoms with Gasteiger partial charge in [-0.2, -0.15) is 0 Å². The van der Waals surface area contributed by atoms with Gasteiger partial charge in [0.05, 0.1) is 13.7 Å². The standard InChI is InChI=1S/C14H18N2O3/c1-19-12-5-3-2-4-11(12)6-8-16-9-7-13(17)15-10-14(16)18/h2-5H,6-10H2,1H3,(H,15,17). The molecule has 0 radical (unpaired) electrons. The van der Waals surface area contributed by atoms with Crippen LogP contribution in [0.25, 0.3) is 0 Å². The van der Waals surface area contributed by atoms with Gasteiger partial charge in [-0.25, -0.2) is 0 Å². The van der Waals surface area contributed by atoms with E-state index in [1.807, 2.05) is 24.3 Å². The number of para-hydroxylation sites is 1. The molecule has 0 atom stereocenters. The molecule has 2 rings (SSSR count). The number of hydrogen-bond acceptors (Lipinski definition) is 3. The van der Waals surface area contributed by atoms with Gasteiger partial charge in [0.25, 0.3) is 0 Å². The monoisotopic (exact) mass is 262 g/mol. The molecule has 102 valence electrons. The van der Waals surface area contributed by atoms with Crippen molar-refractivity contribution in [2.45, 2.75) is 12.8 Å². The van der Waals surface area contributed by atoms with E-state index in [1.54, 1.807) is 12.0 Å². The number of carbonyl (C=O) groups is 2. The van der Waals surface area contributed by atoms with Crippen LogP contribution in [0.1, 0.15) is 12.0 Å². The number of methoxy groups -OCH3 is 1. The van der Waals surface area contributed by atoms with E-state index < -0.39 is 0 Å². The van der Waals surface area contributed by atoms with E-state index in [-0.39, 0.29) is 18.4 Å². The van der Waals surface area contributed by atoms with Gasteiger partial charge in [-0.3, -0.25) is 9.59 Å². The van der Waals surface area contributed by atoms with Crippen molar-refractivity contribution >= 4 is 11.8 Å². The van der Waals surface area contributed by atoms with Crippen molar-refractivity contribution in [3.05, 3.63) is 29.8 Å². The molecule has 5 nitrogen and oxygen atoms in total. The lowest BCUT2D eigenvalue weighted by molar-refractivity contribution is -0.130. The van der Waals surface area contributed by atoms with Gasteiger partial charge in [0.15, 0.2) is 0 Å². The minimum Gasteiger partial charge on any atom is -0.496 e. The molecular formula is C14H18N2O3. The topological polar surface area (TPSA) is 58.6 Å². The molecular weight excluding hydrogens is 244 g/mol. The van der Waals surface area contributed by atoms with E-state index in [0.717, 1.165) is 17.7 Å². The van der Waals surface area contributed by atoms with E-state index in [0.29, 0.717) is 19.5 Å². The predicted molar refractivity (Wildman–Crippen MR) is 70.9 cm³/mol. The quantitative estimate of drug-likeness (QED) is 0.864. The largest absolute Gasteiger partial charge is 0.496 e. The molecule has 1 N–H and O–H groups in total. The van der Waals surface area contributed by atoms with Crippen LogP contribution in [0.2, 0.25) is 0 Å². The molecule has 0 bridgehead atoms. The molecule has 0 unspecified atom stereocenters. The fraction of sp³-hybridized carbons (Fsp3) is 0.429. The number of hydrogen-bond donors (Lipinski definition) is 1. The van der Waals surface area contributed by atoms with E-state index in [2.05, 4.69) is 5.32 Å². The number of nitrogens with zero attached hydrogens (tertiary/aromatic N) is 1. The minimum atomic E-state index is -0.0619. The second-order valence-corrected chi connectivity index (χ2v) is 4.47. The van der Waals surface area contributed by atoms with E-state index in [9.17, 15) is 9.59 Å². The van der Waals surface area contributed by atoms with Crippen LogP contribution in [0.5, 0.6) is 5.75 Å². The molecule has 1 aromatic carbocycles. The number of amides is 2. The third kappa shape index (κ3) is 3.47. The maximum atomic E-state index is 11.8. The van der Waals surface area contributed by atoms with E-state index in [4.69, 9.17) is 4.74 Å². The van der Waals surface area contributed by atoms with Gasteiger partial charge in [0, 0.05) is 19.5 Å². The molecule has 0 saturated carbocycles.